The quantitative estimate of drug-likeness (QED) is 0.820. The van der Waals surface area contributed by atoms with Crippen LogP contribution in [0.5, 0.6) is 0 Å². The van der Waals surface area contributed by atoms with E-state index in [4.69, 9.17) is 0 Å². The number of hydrogen-bond acceptors (Lipinski definition) is 3. The van der Waals surface area contributed by atoms with E-state index in [-0.39, 0.29) is 17.2 Å². The zero-order chi connectivity index (χ0) is 13.2. The highest BCUT2D eigenvalue weighted by molar-refractivity contribution is 7.89. The summed E-state index contributed by atoms with van der Waals surface area (Å²) in [5, 5.41) is 0. The summed E-state index contributed by atoms with van der Waals surface area (Å²) in [6, 6.07) is 4.65. The smallest absolute Gasteiger partial charge is 0.243 e. The van der Waals surface area contributed by atoms with Crippen molar-refractivity contribution in [3.8, 4) is 0 Å². The number of benzene rings is 1. The van der Waals surface area contributed by atoms with Crippen LogP contribution >= 0.6 is 0 Å². The van der Waals surface area contributed by atoms with Crippen molar-refractivity contribution in [2.45, 2.75) is 24.2 Å². The number of carbonyl (C=O) groups excluding carboxylic acids is 1. The standard InChI is InChI=1S/C12H14FNO3S/c13-10-4-6-12(7-5-10)18(16,17)14-8-2-1-3-11(15)9-14/h4-7H,1-3,8-9H2. The molecule has 1 fully saturated rings. The second kappa shape index (κ2) is 5.16. The first-order valence-corrected chi connectivity index (χ1v) is 7.21. The van der Waals surface area contributed by atoms with E-state index >= 15 is 0 Å². The van der Waals surface area contributed by atoms with Crippen LogP contribution in [-0.2, 0) is 14.8 Å². The lowest BCUT2D eigenvalue weighted by Crippen LogP contribution is -2.34. The van der Waals surface area contributed by atoms with Crippen LogP contribution in [0.4, 0.5) is 4.39 Å². The summed E-state index contributed by atoms with van der Waals surface area (Å²) in [6.45, 7) is 0.255. The monoisotopic (exact) mass is 271 g/mol. The van der Waals surface area contributed by atoms with E-state index in [0.29, 0.717) is 25.8 Å². The summed E-state index contributed by atoms with van der Waals surface area (Å²) in [7, 11) is -3.69. The number of nitrogens with zero attached hydrogens (tertiary/aromatic N) is 1. The number of halogens is 1. The van der Waals surface area contributed by atoms with Crippen LogP contribution in [-0.4, -0.2) is 31.6 Å². The summed E-state index contributed by atoms with van der Waals surface area (Å²) in [6.07, 6.45) is 1.82. The minimum Gasteiger partial charge on any atom is -0.298 e. The van der Waals surface area contributed by atoms with E-state index in [2.05, 4.69) is 0 Å². The fourth-order valence-electron chi connectivity index (χ4n) is 1.93. The predicted molar refractivity (Wildman–Crippen MR) is 64.0 cm³/mol. The number of carbonyl (C=O) groups is 1. The molecule has 6 heteroatoms. The van der Waals surface area contributed by atoms with Gasteiger partial charge in [0.2, 0.25) is 10.0 Å². The topological polar surface area (TPSA) is 54.5 Å². The van der Waals surface area contributed by atoms with Gasteiger partial charge in [-0.15, -0.1) is 0 Å². The lowest BCUT2D eigenvalue weighted by Gasteiger charge is -2.19. The molecule has 4 nitrogen and oxygen atoms in total. The Bertz CT molecular complexity index is 539. The maximum Gasteiger partial charge on any atom is 0.243 e. The van der Waals surface area contributed by atoms with Crippen molar-refractivity contribution >= 4 is 15.8 Å². The van der Waals surface area contributed by atoms with Gasteiger partial charge in [-0.1, -0.05) is 0 Å². The van der Waals surface area contributed by atoms with Gasteiger partial charge in [0.1, 0.15) is 11.6 Å². The van der Waals surface area contributed by atoms with Crippen LogP contribution in [0.3, 0.4) is 0 Å². The zero-order valence-corrected chi connectivity index (χ0v) is 10.6. The minimum absolute atomic E-state index is 0.0265. The molecule has 98 valence electrons. The van der Waals surface area contributed by atoms with Crippen LogP contribution in [0.15, 0.2) is 29.2 Å². The van der Waals surface area contributed by atoms with Gasteiger partial charge in [-0.2, -0.15) is 4.31 Å². The van der Waals surface area contributed by atoms with Crippen LogP contribution in [0, 0.1) is 5.82 Å². The molecule has 0 unspecified atom stereocenters. The van der Waals surface area contributed by atoms with Crippen molar-refractivity contribution in [1.82, 2.24) is 4.31 Å². The Morgan fingerprint density at radius 2 is 1.78 bits per heavy atom. The first kappa shape index (κ1) is 13.2. The first-order chi connectivity index (χ1) is 8.50. The lowest BCUT2D eigenvalue weighted by atomic mass is 10.2. The molecule has 0 N–H and O–H groups in total. The second-order valence-electron chi connectivity index (χ2n) is 4.29. The fourth-order valence-corrected chi connectivity index (χ4v) is 3.39. The average molecular weight is 271 g/mol. The van der Waals surface area contributed by atoms with Crippen molar-refractivity contribution in [2.24, 2.45) is 0 Å². The van der Waals surface area contributed by atoms with Crippen LogP contribution < -0.4 is 0 Å². The highest BCUT2D eigenvalue weighted by atomic mass is 32.2. The fraction of sp³-hybridized carbons (Fsp3) is 0.417. The van der Waals surface area contributed by atoms with Gasteiger partial charge >= 0.3 is 0 Å². The van der Waals surface area contributed by atoms with E-state index < -0.39 is 15.8 Å². The van der Waals surface area contributed by atoms with Gasteiger partial charge in [0, 0.05) is 13.0 Å². The third kappa shape index (κ3) is 2.76. The van der Waals surface area contributed by atoms with E-state index in [9.17, 15) is 17.6 Å². The summed E-state index contributed by atoms with van der Waals surface area (Å²) in [5.74, 6) is -0.556. The maximum absolute atomic E-state index is 12.8. The average Bonchev–Trinajstić information content (AvgIpc) is 2.55. The van der Waals surface area contributed by atoms with Crippen molar-refractivity contribution in [3.63, 3.8) is 0 Å². The van der Waals surface area contributed by atoms with Crippen molar-refractivity contribution in [3.05, 3.63) is 30.1 Å². The highest BCUT2D eigenvalue weighted by Gasteiger charge is 2.27. The third-order valence-electron chi connectivity index (χ3n) is 2.92. The van der Waals surface area contributed by atoms with Gasteiger partial charge < -0.3 is 0 Å². The summed E-state index contributed by atoms with van der Waals surface area (Å²) >= 11 is 0. The molecule has 1 aliphatic heterocycles. The molecule has 18 heavy (non-hydrogen) atoms. The lowest BCUT2D eigenvalue weighted by molar-refractivity contribution is -0.118. The molecule has 0 amide bonds. The van der Waals surface area contributed by atoms with Crippen LogP contribution in [0.1, 0.15) is 19.3 Å². The number of hydrogen-bond donors (Lipinski definition) is 0. The molecule has 2 rings (SSSR count). The Morgan fingerprint density at radius 1 is 1.11 bits per heavy atom. The molecule has 0 aromatic heterocycles. The molecule has 0 saturated carbocycles. The molecule has 1 aromatic carbocycles. The Kier molecular flexibility index (Phi) is 3.77. The molecule has 0 aliphatic carbocycles. The second-order valence-corrected chi connectivity index (χ2v) is 6.23. The number of Topliss-reactive ketones (excluding diaryl/α,β-unsaturated/α-hetero) is 1. The van der Waals surface area contributed by atoms with E-state index in [1.54, 1.807) is 0 Å². The predicted octanol–water partition coefficient (Wildman–Crippen LogP) is 1.57. The Morgan fingerprint density at radius 3 is 2.44 bits per heavy atom. The third-order valence-corrected chi connectivity index (χ3v) is 4.78. The number of ketones is 1. The summed E-state index contributed by atoms with van der Waals surface area (Å²) < 4.78 is 38.5. The van der Waals surface area contributed by atoms with Gasteiger partial charge in [0.25, 0.3) is 0 Å². The first-order valence-electron chi connectivity index (χ1n) is 5.77. The van der Waals surface area contributed by atoms with E-state index in [1.807, 2.05) is 0 Å². The van der Waals surface area contributed by atoms with Gasteiger partial charge in [-0.25, -0.2) is 12.8 Å². The van der Waals surface area contributed by atoms with E-state index in [1.165, 1.54) is 16.4 Å². The Labute approximate surface area is 105 Å². The molecule has 1 aromatic rings. The number of sulfonamides is 1. The van der Waals surface area contributed by atoms with Crippen LogP contribution in [0.25, 0.3) is 0 Å². The Balaban J connectivity index is 2.29. The maximum atomic E-state index is 12.8. The summed E-state index contributed by atoms with van der Waals surface area (Å²) in [5.41, 5.74) is 0. The molecular weight excluding hydrogens is 257 g/mol. The Hall–Kier alpha value is -1.27. The van der Waals surface area contributed by atoms with Gasteiger partial charge in [0.15, 0.2) is 0 Å². The molecule has 1 saturated heterocycles. The summed E-state index contributed by atoms with van der Waals surface area (Å²) in [4.78, 5) is 11.5. The largest absolute Gasteiger partial charge is 0.298 e. The molecule has 0 radical (unpaired) electrons. The number of rotatable bonds is 2. The molecule has 1 heterocycles. The van der Waals surface area contributed by atoms with E-state index in [0.717, 1.165) is 12.1 Å². The van der Waals surface area contributed by atoms with Gasteiger partial charge in [-0.05, 0) is 37.1 Å². The molecule has 0 spiro atoms. The van der Waals surface area contributed by atoms with Gasteiger partial charge in [-0.3, -0.25) is 4.79 Å². The van der Waals surface area contributed by atoms with Crippen molar-refractivity contribution < 1.29 is 17.6 Å². The molecule has 0 bridgehead atoms. The normalized spacial score (nSPS) is 18.6. The minimum atomic E-state index is -3.69. The van der Waals surface area contributed by atoms with Crippen molar-refractivity contribution in [1.29, 1.82) is 0 Å². The SMILES string of the molecule is O=C1CCCCN(S(=O)(=O)c2ccc(F)cc2)C1. The molecule has 1 aliphatic rings. The highest BCUT2D eigenvalue weighted by Crippen LogP contribution is 2.19. The molecular formula is C12H14FNO3S. The zero-order valence-electron chi connectivity index (χ0n) is 9.80. The molecule has 0 atom stereocenters. The van der Waals surface area contributed by atoms with Crippen LogP contribution in [0.2, 0.25) is 0 Å². The van der Waals surface area contributed by atoms with Gasteiger partial charge in [0.05, 0.1) is 11.4 Å². The van der Waals surface area contributed by atoms with Crippen molar-refractivity contribution in [2.75, 3.05) is 13.1 Å².